The van der Waals surface area contributed by atoms with Crippen LogP contribution >= 0.6 is 23.2 Å². The molecule has 0 saturated heterocycles. The van der Waals surface area contributed by atoms with Crippen LogP contribution < -0.4 is 0 Å². The first kappa shape index (κ1) is 24.8. The van der Waals surface area contributed by atoms with E-state index in [-0.39, 0.29) is 18.5 Å². The van der Waals surface area contributed by atoms with Crippen LogP contribution in [-0.4, -0.2) is 18.5 Å². The van der Waals surface area contributed by atoms with Gasteiger partial charge in [0.15, 0.2) is 0 Å². The number of esters is 2. The molecule has 1 aromatic rings. The van der Waals surface area contributed by atoms with Crippen LogP contribution in [0.1, 0.15) is 83.1 Å². The number of ether oxygens (including phenoxy) is 2. The van der Waals surface area contributed by atoms with Gasteiger partial charge in [0.2, 0.25) is 0 Å². The largest absolute Gasteiger partial charge is 0.466 e. The van der Waals surface area contributed by atoms with E-state index in [4.69, 9.17) is 32.7 Å². The van der Waals surface area contributed by atoms with Gasteiger partial charge < -0.3 is 9.47 Å². The quantitative estimate of drug-likeness (QED) is 0.224. The van der Waals surface area contributed by atoms with E-state index in [1.165, 1.54) is 25.7 Å². The molecule has 0 spiro atoms. The van der Waals surface area contributed by atoms with Crippen molar-refractivity contribution in [3.05, 3.63) is 33.8 Å². The molecule has 0 N–H and O–H groups in total. The Labute approximate surface area is 178 Å². The second kappa shape index (κ2) is 15.6. The molecule has 28 heavy (non-hydrogen) atoms. The maximum atomic E-state index is 11.8. The molecule has 0 aliphatic heterocycles. The highest BCUT2D eigenvalue weighted by Gasteiger charge is 2.07. The Morgan fingerprint density at radius 3 is 1.93 bits per heavy atom. The highest BCUT2D eigenvalue weighted by atomic mass is 35.5. The van der Waals surface area contributed by atoms with Crippen molar-refractivity contribution >= 4 is 35.1 Å². The van der Waals surface area contributed by atoms with E-state index >= 15 is 0 Å². The van der Waals surface area contributed by atoms with Crippen molar-refractivity contribution in [2.24, 2.45) is 0 Å². The summed E-state index contributed by atoms with van der Waals surface area (Å²) < 4.78 is 10.4. The molecule has 0 saturated carbocycles. The fraction of sp³-hybridized carbons (Fsp3) is 0.636. The highest BCUT2D eigenvalue weighted by Crippen LogP contribution is 2.19. The van der Waals surface area contributed by atoms with E-state index < -0.39 is 0 Å². The number of unbranched alkanes of at least 4 members (excludes halogenated alkanes) is 7. The summed E-state index contributed by atoms with van der Waals surface area (Å²) in [6.45, 7) is 2.87. The molecule has 0 atom stereocenters. The van der Waals surface area contributed by atoms with Gasteiger partial charge in [0, 0.05) is 22.9 Å². The van der Waals surface area contributed by atoms with Crippen molar-refractivity contribution in [3.63, 3.8) is 0 Å². The zero-order valence-corrected chi connectivity index (χ0v) is 18.3. The van der Waals surface area contributed by atoms with Crippen LogP contribution in [0, 0.1) is 0 Å². The van der Waals surface area contributed by atoms with Crippen LogP contribution in [0.5, 0.6) is 0 Å². The highest BCUT2D eigenvalue weighted by molar-refractivity contribution is 6.34. The van der Waals surface area contributed by atoms with Gasteiger partial charge in [-0.05, 0) is 43.0 Å². The van der Waals surface area contributed by atoms with Gasteiger partial charge in [-0.15, -0.1) is 0 Å². The molecule has 0 radical (unpaired) electrons. The average Bonchev–Trinajstić information content (AvgIpc) is 2.64. The van der Waals surface area contributed by atoms with E-state index in [1.807, 2.05) is 0 Å². The van der Waals surface area contributed by atoms with Gasteiger partial charge in [-0.2, -0.15) is 0 Å². The van der Waals surface area contributed by atoms with Crippen LogP contribution in [0.3, 0.4) is 0 Å². The van der Waals surface area contributed by atoms with Crippen molar-refractivity contribution in [1.82, 2.24) is 0 Å². The fourth-order valence-corrected chi connectivity index (χ4v) is 3.36. The van der Waals surface area contributed by atoms with Gasteiger partial charge in [0.1, 0.15) is 6.61 Å². The molecule has 4 nitrogen and oxygen atoms in total. The Morgan fingerprint density at radius 2 is 1.29 bits per heavy atom. The van der Waals surface area contributed by atoms with Crippen LogP contribution in [0.4, 0.5) is 0 Å². The summed E-state index contributed by atoms with van der Waals surface area (Å²) in [5, 5.41) is 1.03. The summed E-state index contributed by atoms with van der Waals surface area (Å²) in [7, 11) is 0. The number of hydrogen-bond donors (Lipinski definition) is 0. The van der Waals surface area contributed by atoms with E-state index in [2.05, 4.69) is 6.92 Å². The molecular weight excluding hydrogens is 399 g/mol. The minimum Gasteiger partial charge on any atom is -0.466 e. The summed E-state index contributed by atoms with van der Waals surface area (Å²) in [6, 6.07) is 5.07. The first-order chi connectivity index (χ1) is 13.5. The van der Waals surface area contributed by atoms with Gasteiger partial charge in [-0.1, -0.05) is 68.7 Å². The SMILES string of the molecule is CCCCCCCCOC(=O)CCCCCC(=O)OCc1cc(Cl)cc(Cl)c1. The molecule has 0 unspecified atom stereocenters. The Morgan fingerprint density at radius 1 is 0.750 bits per heavy atom. The second-order valence-electron chi connectivity index (χ2n) is 6.99. The minimum atomic E-state index is -0.262. The van der Waals surface area contributed by atoms with Crippen LogP contribution in [0.25, 0.3) is 0 Å². The van der Waals surface area contributed by atoms with Gasteiger partial charge >= 0.3 is 11.9 Å². The molecule has 0 aromatic heterocycles. The average molecular weight is 431 g/mol. The van der Waals surface area contributed by atoms with Crippen molar-refractivity contribution in [3.8, 4) is 0 Å². The minimum absolute atomic E-state index is 0.144. The predicted octanol–water partition coefficient (Wildman–Crippen LogP) is 6.89. The Kier molecular flexibility index (Phi) is 13.8. The normalized spacial score (nSPS) is 10.7. The lowest BCUT2D eigenvalue weighted by Gasteiger charge is -2.07. The summed E-state index contributed by atoms with van der Waals surface area (Å²) >= 11 is 11.8. The number of benzene rings is 1. The molecule has 1 aromatic carbocycles. The Hall–Kier alpha value is -1.26. The molecule has 0 amide bonds. The number of carbonyl (C=O) groups excluding carboxylic acids is 2. The van der Waals surface area contributed by atoms with Crippen molar-refractivity contribution < 1.29 is 19.1 Å². The molecular formula is C22H32Cl2O4. The lowest BCUT2D eigenvalue weighted by molar-refractivity contribution is -0.145. The lowest BCUT2D eigenvalue weighted by Crippen LogP contribution is -2.06. The number of carbonyl (C=O) groups is 2. The van der Waals surface area contributed by atoms with E-state index in [9.17, 15) is 9.59 Å². The van der Waals surface area contributed by atoms with E-state index in [1.54, 1.807) is 18.2 Å². The van der Waals surface area contributed by atoms with E-state index in [0.717, 1.165) is 31.2 Å². The summed E-state index contributed by atoms with van der Waals surface area (Å²) in [6.07, 6.45) is 10.0. The zero-order valence-electron chi connectivity index (χ0n) is 16.8. The Bertz CT molecular complexity index is 570. The third-order valence-electron chi connectivity index (χ3n) is 4.34. The maximum absolute atomic E-state index is 11.8. The van der Waals surface area contributed by atoms with Gasteiger partial charge in [0.05, 0.1) is 6.61 Å². The van der Waals surface area contributed by atoms with Crippen LogP contribution in [0.2, 0.25) is 10.0 Å². The third kappa shape index (κ3) is 13.0. The summed E-state index contributed by atoms with van der Waals surface area (Å²) in [5.74, 6) is -0.407. The number of halogens is 2. The van der Waals surface area contributed by atoms with Crippen LogP contribution in [-0.2, 0) is 25.7 Å². The van der Waals surface area contributed by atoms with Crippen LogP contribution in [0.15, 0.2) is 18.2 Å². The smallest absolute Gasteiger partial charge is 0.306 e. The first-order valence-electron chi connectivity index (χ1n) is 10.3. The van der Waals surface area contributed by atoms with Gasteiger partial charge in [-0.25, -0.2) is 0 Å². The van der Waals surface area contributed by atoms with Crippen molar-refractivity contribution in [2.75, 3.05) is 6.61 Å². The fourth-order valence-electron chi connectivity index (χ4n) is 2.79. The molecule has 158 valence electrons. The summed E-state index contributed by atoms with van der Waals surface area (Å²) in [5.41, 5.74) is 0.763. The molecule has 0 bridgehead atoms. The molecule has 6 heteroatoms. The standard InChI is InChI=1S/C22H32Cl2O4/c1-2-3-4-5-6-10-13-27-21(25)11-8-7-9-12-22(26)28-17-18-14-19(23)16-20(24)15-18/h14-16H,2-13,17H2,1H3. The van der Waals surface area contributed by atoms with Crippen molar-refractivity contribution in [1.29, 1.82) is 0 Å². The summed E-state index contributed by atoms with van der Waals surface area (Å²) in [4.78, 5) is 23.4. The number of rotatable bonds is 15. The maximum Gasteiger partial charge on any atom is 0.306 e. The van der Waals surface area contributed by atoms with Gasteiger partial charge in [-0.3, -0.25) is 9.59 Å². The molecule has 0 aliphatic carbocycles. The molecule has 0 fully saturated rings. The second-order valence-corrected chi connectivity index (χ2v) is 7.86. The molecule has 0 heterocycles. The third-order valence-corrected chi connectivity index (χ3v) is 4.78. The molecule has 0 aliphatic rings. The molecule has 1 rings (SSSR count). The lowest BCUT2D eigenvalue weighted by atomic mass is 10.1. The van der Waals surface area contributed by atoms with E-state index in [0.29, 0.717) is 35.9 Å². The van der Waals surface area contributed by atoms with Gasteiger partial charge in [0.25, 0.3) is 0 Å². The zero-order chi connectivity index (χ0) is 20.6. The number of hydrogen-bond acceptors (Lipinski definition) is 4. The predicted molar refractivity (Wildman–Crippen MR) is 114 cm³/mol. The monoisotopic (exact) mass is 430 g/mol. The van der Waals surface area contributed by atoms with Crippen molar-refractivity contribution in [2.45, 2.75) is 84.2 Å². The first-order valence-corrected chi connectivity index (χ1v) is 11.0. The topological polar surface area (TPSA) is 52.6 Å². The Balaban J connectivity index is 1.98.